The van der Waals surface area contributed by atoms with Gasteiger partial charge in [0.05, 0.1) is 12.0 Å². The lowest BCUT2D eigenvalue weighted by molar-refractivity contribution is -0.123. The number of amides is 1. The van der Waals surface area contributed by atoms with E-state index in [4.69, 9.17) is 14.6 Å². The van der Waals surface area contributed by atoms with Gasteiger partial charge in [0.15, 0.2) is 6.10 Å². The number of primary sulfonamides is 1. The third-order valence-electron chi connectivity index (χ3n) is 4.30. The summed E-state index contributed by atoms with van der Waals surface area (Å²) in [5.41, 5.74) is 3.34. The van der Waals surface area contributed by atoms with Crippen LogP contribution in [0.1, 0.15) is 34.0 Å². The summed E-state index contributed by atoms with van der Waals surface area (Å²) >= 11 is 0. The van der Waals surface area contributed by atoms with Crippen molar-refractivity contribution in [2.45, 2.75) is 38.7 Å². The number of anilines is 1. The standard InChI is InChI=1S/C20H24N2O6S/c1-11-8-12(2)18(13(3)9-11)22-19(23)14(4)28-20(24)16-10-15(29(21,25)26)6-7-17(16)27-5/h6-10,14H,1-5H3,(H,22,23)(H2,21,25,26)/t14-/m0/s1. The highest BCUT2D eigenvalue weighted by Gasteiger charge is 2.24. The number of rotatable bonds is 6. The van der Waals surface area contributed by atoms with Gasteiger partial charge in [-0.2, -0.15) is 0 Å². The Hall–Kier alpha value is -2.91. The van der Waals surface area contributed by atoms with E-state index < -0.39 is 28.0 Å². The number of methoxy groups -OCH3 is 1. The first-order valence-electron chi connectivity index (χ1n) is 8.74. The van der Waals surface area contributed by atoms with Gasteiger partial charge < -0.3 is 14.8 Å². The number of sulfonamides is 1. The fourth-order valence-corrected chi connectivity index (χ4v) is 3.44. The van der Waals surface area contributed by atoms with Crippen LogP contribution in [0.25, 0.3) is 0 Å². The second kappa shape index (κ2) is 8.62. The summed E-state index contributed by atoms with van der Waals surface area (Å²) in [6.07, 6.45) is -1.13. The van der Waals surface area contributed by atoms with Crippen LogP contribution < -0.4 is 15.2 Å². The second-order valence-electron chi connectivity index (χ2n) is 6.72. The van der Waals surface area contributed by atoms with Crippen LogP contribution in [0.2, 0.25) is 0 Å². The summed E-state index contributed by atoms with van der Waals surface area (Å²) in [4.78, 5) is 24.8. The molecule has 0 spiro atoms. The number of aryl methyl sites for hydroxylation is 3. The fourth-order valence-electron chi connectivity index (χ4n) is 2.90. The van der Waals surface area contributed by atoms with Crippen LogP contribution in [0.5, 0.6) is 5.75 Å². The molecule has 0 aliphatic heterocycles. The van der Waals surface area contributed by atoms with Crippen molar-refractivity contribution in [3.63, 3.8) is 0 Å². The lowest BCUT2D eigenvalue weighted by atomic mass is 10.0. The van der Waals surface area contributed by atoms with Gasteiger partial charge in [0.25, 0.3) is 5.91 Å². The van der Waals surface area contributed by atoms with Gasteiger partial charge >= 0.3 is 5.97 Å². The molecule has 156 valence electrons. The molecule has 29 heavy (non-hydrogen) atoms. The molecule has 9 heteroatoms. The monoisotopic (exact) mass is 420 g/mol. The molecule has 1 atom stereocenters. The number of nitrogens with one attached hydrogen (secondary N) is 1. The zero-order chi connectivity index (χ0) is 21.9. The van der Waals surface area contributed by atoms with Gasteiger partial charge in [-0.15, -0.1) is 0 Å². The number of esters is 1. The van der Waals surface area contributed by atoms with Crippen LogP contribution >= 0.6 is 0 Å². The number of hydrogen-bond donors (Lipinski definition) is 2. The van der Waals surface area contributed by atoms with Crippen molar-refractivity contribution in [2.24, 2.45) is 5.14 Å². The Bertz CT molecular complexity index is 1040. The molecule has 0 fully saturated rings. The van der Waals surface area contributed by atoms with Crippen LogP contribution in [-0.4, -0.2) is 33.5 Å². The quantitative estimate of drug-likeness (QED) is 0.692. The summed E-state index contributed by atoms with van der Waals surface area (Å²) in [7, 11) is -2.70. The first-order chi connectivity index (χ1) is 13.4. The van der Waals surface area contributed by atoms with Gasteiger partial charge in [-0.1, -0.05) is 17.7 Å². The van der Waals surface area contributed by atoms with E-state index in [1.165, 1.54) is 26.2 Å². The van der Waals surface area contributed by atoms with Crippen LogP contribution in [0.3, 0.4) is 0 Å². The maximum atomic E-state index is 12.5. The molecule has 0 aliphatic rings. The Morgan fingerprint density at radius 1 is 1.07 bits per heavy atom. The van der Waals surface area contributed by atoms with E-state index >= 15 is 0 Å². The Labute approximate surface area is 170 Å². The van der Waals surface area contributed by atoms with E-state index in [0.29, 0.717) is 5.69 Å². The molecule has 0 aromatic heterocycles. The molecule has 0 heterocycles. The topological polar surface area (TPSA) is 125 Å². The molecule has 2 aromatic rings. The average Bonchev–Trinajstić information content (AvgIpc) is 2.62. The highest BCUT2D eigenvalue weighted by molar-refractivity contribution is 7.89. The van der Waals surface area contributed by atoms with Gasteiger partial charge in [0.2, 0.25) is 10.0 Å². The molecule has 1 amide bonds. The zero-order valence-electron chi connectivity index (χ0n) is 16.9. The maximum Gasteiger partial charge on any atom is 0.342 e. The van der Waals surface area contributed by atoms with Crippen molar-refractivity contribution >= 4 is 27.6 Å². The second-order valence-corrected chi connectivity index (χ2v) is 8.28. The number of nitrogens with two attached hydrogens (primary N) is 1. The number of benzene rings is 2. The van der Waals surface area contributed by atoms with E-state index in [1.807, 2.05) is 32.9 Å². The van der Waals surface area contributed by atoms with Crippen molar-refractivity contribution in [3.8, 4) is 5.75 Å². The predicted octanol–water partition coefficient (Wildman–Crippen LogP) is 2.45. The smallest absolute Gasteiger partial charge is 0.342 e. The van der Waals surface area contributed by atoms with Crippen LogP contribution in [0.4, 0.5) is 5.69 Å². The molecule has 0 unspecified atom stereocenters. The van der Waals surface area contributed by atoms with Gasteiger partial charge in [-0.25, -0.2) is 18.4 Å². The molecule has 0 aliphatic carbocycles. The first kappa shape index (κ1) is 22.4. The lowest BCUT2D eigenvalue weighted by Gasteiger charge is -2.17. The van der Waals surface area contributed by atoms with E-state index in [2.05, 4.69) is 5.32 Å². The number of ether oxygens (including phenoxy) is 2. The highest BCUT2D eigenvalue weighted by Crippen LogP contribution is 2.24. The highest BCUT2D eigenvalue weighted by atomic mass is 32.2. The van der Waals surface area contributed by atoms with E-state index in [9.17, 15) is 18.0 Å². The van der Waals surface area contributed by atoms with E-state index in [-0.39, 0.29) is 16.2 Å². The molecule has 0 saturated heterocycles. The maximum absolute atomic E-state index is 12.5. The van der Waals surface area contributed by atoms with Gasteiger partial charge in [0, 0.05) is 5.69 Å². The third kappa shape index (κ3) is 5.33. The first-order valence-corrected chi connectivity index (χ1v) is 10.3. The molecular formula is C20H24N2O6S. The van der Waals surface area contributed by atoms with Crippen molar-refractivity contribution < 1.29 is 27.5 Å². The molecule has 8 nitrogen and oxygen atoms in total. The zero-order valence-corrected chi connectivity index (χ0v) is 17.7. The Balaban J connectivity index is 2.21. The van der Waals surface area contributed by atoms with Crippen molar-refractivity contribution in [1.29, 1.82) is 0 Å². The van der Waals surface area contributed by atoms with Crippen LogP contribution in [0.15, 0.2) is 35.2 Å². The number of hydrogen-bond acceptors (Lipinski definition) is 6. The Morgan fingerprint density at radius 3 is 2.17 bits per heavy atom. The summed E-state index contributed by atoms with van der Waals surface area (Å²) in [6, 6.07) is 7.42. The normalized spacial score (nSPS) is 12.2. The SMILES string of the molecule is COc1ccc(S(N)(=O)=O)cc1C(=O)O[C@@H](C)C(=O)Nc1c(C)cc(C)cc1C. The minimum atomic E-state index is -4.03. The van der Waals surface area contributed by atoms with Gasteiger partial charge in [-0.3, -0.25) is 4.79 Å². The van der Waals surface area contributed by atoms with E-state index in [1.54, 1.807) is 0 Å². The summed E-state index contributed by atoms with van der Waals surface area (Å²) in [6.45, 7) is 7.12. The molecule has 2 rings (SSSR count). The van der Waals surface area contributed by atoms with Crippen LogP contribution in [-0.2, 0) is 19.6 Å². The largest absolute Gasteiger partial charge is 0.496 e. The summed E-state index contributed by atoms with van der Waals surface area (Å²) < 4.78 is 33.4. The number of carbonyl (C=O) groups excluding carboxylic acids is 2. The molecule has 2 aromatic carbocycles. The third-order valence-corrected chi connectivity index (χ3v) is 5.21. The fraction of sp³-hybridized carbons (Fsp3) is 0.300. The number of carbonyl (C=O) groups is 2. The van der Waals surface area contributed by atoms with Gasteiger partial charge in [-0.05, 0) is 57.0 Å². The van der Waals surface area contributed by atoms with Crippen molar-refractivity contribution in [2.75, 3.05) is 12.4 Å². The molecule has 0 bridgehead atoms. The lowest BCUT2D eigenvalue weighted by Crippen LogP contribution is -2.30. The minimum absolute atomic E-state index is 0.0974. The minimum Gasteiger partial charge on any atom is -0.496 e. The predicted molar refractivity (Wildman–Crippen MR) is 109 cm³/mol. The average molecular weight is 420 g/mol. The molecule has 0 radical (unpaired) electrons. The molecule has 0 saturated carbocycles. The molecule has 3 N–H and O–H groups in total. The summed E-state index contributed by atoms with van der Waals surface area (Å²) in [5.74, 6) is -1.33. The van der Waals surface area contributed by atoms with Crippen molar-refractivity contribution in [1.82, 2.24) is 0 Å². The van der Waals surface area contributed by atoms with Crippen molar-refractivity contribution in [3.05, 3.63) is 52.6 Å². The van der Waals surface area contributed by atoms with Gasteiger partial charge in [0.1, 0.15) is 11.3 Å². The Kier molecular flexibility index (Phi) is 6.66. The molecular weight excluding hydrogens is 396 g/mol. The summed E-state index contributed by atoms with van der Waals surface area (Å²) in [5, 5.41) is 7.87. The van der Waals surface area contributed by atoms with E-state index in [0.717, 1.165) is 22.8 Å². The Morgan fingerprint density at radius 2 is 1.66 bits per heavy atom. The van der Waals surface area contributed by atoms with Crippen LogP contribution in [0, 0.1) is 20.8 Å².